The Bertz CT molecular complexity index is 137. The molecule has 1 fully saturated rings. The van der Waals surface area contributed by atoms with Crippen LogP contribution in [0.1, 0.15) is 0 Å². The second kappa shape index (κ2) is 4.18. The van der Waals surface area contributed by atoms with Gasteiger partial charge < -0.3 is 15.5 Å². The van der Waals surface area contributed by atoms with Crippen molar-refractivity contribution in [3.63, 3.8) is 0 Å². The molecule has 4 nitrogen and oxygen atoms in total. The van der Waals surface area contributed by atoms with E-state index >= 15 is 0 Å². The monoisotopic (exact) mass is 156 g/mol. The zero-order chi connectivity index (χ0) is 8.10. The van der Waals surface area contributed by atoms with Gasteiger partial charge in [-0.1, -0.05) is 0 Å². The van der Waals surface area contributed by atoms with Crippen LogP contribution in [0.4, 0.5) is 0 Å². The van der Waals surface area contributed by atoms with Crippen molar-refractivity contribution in [3.05, 3.63) is 0 Å². The first-order chi connectivity index (χ1) is 5.38. The summed E-state index contributed by atoms with van der Waals surface area (Å²) >= 11 is 0. The lowest BCUT2D eigenvalue weighted by molar-refractivity contribution is 0.348. The lowest BCUT2D eigenvalue weighted by Crippen LogP contribution is -2.50. The highest BCUT2D eigenvalue weighted by atomic mass is 15.3. The molecule has 11 heavy (non-hydrogen) atoms. The highest BCUT2D eigenvalue weighted by Gasteiger charge is 2.11. The zero-order valence-corrected chi connectivity index (χ0v) is 7.22. The Kier molecular flexibility index (Phi) is 3.16. The van der Waals surface area contributed by atoms with Crippen molar-refractivity contribution >= 4 is 5.96 Å². The third-order valence-corrected chi connectivity index (χ3v) is 1.85. The molecule has 64 valence electrons. The van der Waals surface area contributed by atoms with Crippen molar-refractivity contribution in [2.24, 2.45) is 4.99 Å². The molecular formula is C7H16N4. The summed E-state index contributed by atoms with van der Waals surface area (Å²) in [4.78, 5) is 6.38. The number of nitrogens with zero attached hydrogens (tertiary/aromatic N) is 2. The van der Waals surface area contributed by atoms with Crippen molar-refractivity contribution in [1.82, 2.24) is 15.5 Å². The van der Waals surface area contributed by atoms with Crippen LogP contribution in [0.3, 0.4) is 0 Å². The van der Waals surface area contributed by atoms with Gasteiger partial charge in [0.2, 0.25) is 0 Å². The molecule has 1 aliphatic rings. The Balaban J connectivity index is 2.43. The summed E-state index contributed by atoms with van der Waals surface area (Å²) in [6, 6.07) is 0. The SMILES string of the molecule is C/N=C(/NC)N1CCNCC1. The van der Waals surface area contributed by atoms with Gasteiger partial charge in [-0.2, -0.15) is 0 Å². The van der Waals surface area contributed by atoms with Crippen LogP contribution in [0.25, 0.3) is 0 Å². The molecule has 0 spiro atoms. The first-order valence-electron chi connectivity index (χ1n) is 3.98. The van der Waals surface area contributed by atoms with E-state index in [4.69, 9.17) is 0 Å². The average molecular weight is 156 g/mol. The van der Waals surface area contributed by atoms with Crippen LogP contribution in [0.2, 0.25) is 0 Å². The third-order valence-electron chi connectivity index (χ3n) is 1.85. The van der Waals surface area contributed by atoms with Gasteiger partial charge >= 0.3 is 0 Å². The predicted molar refractivity (Wildman–Crippen MR) is 46.9 cm³/mol. The molecule has 0 atom stereocenters. The zero-order valence-electron chi connectivity index (χ0n) is 7.22. The third kappa shape index (κ3) is 2.08. The summed E-state index contributed by atoms with van der Waals surface area (Å²) in [6.07, 6.45) is 0. The number of aliphatic imine (C=N–C) groups is 1. The van der Waals surface area contributed by atoms with E-state index in [1.807, 2.05) is 14.1 Å². The summed E-state index contributed by atoms with van der Waals surface area (Å²) in [7, 11) is 3.72. The van der Waals surface area contributed by atoms with Gasteiger partial charge in [-0.05, 0) is 0 Å². The summed E-state index contributed by atoms with van der Waals surface area (Å²) < 4.78 is 0. The standard InChI is InChI=1S/C7H16N4/c1-8-7(9-2)11-5-3-10-4-6-11/h10H,3-6H2,1-2H3,(H,8,9). The van der Waals surface area contributed by atoms with Crippen LogP contribution in [-0.2, 0) is 0 Å². The Morgan fingerprint density at radius 3 is 2.55 bits per heavy atom. The van der Waals surface area contributed by atoms with Gasteiger partial charge in [0.05, 0.1) is 0 Å². The number of nitrogens with one attached hydrogen (secondary N) is 2. The topological polar surface area (TPSA) is 39.7 Å². The van der Waals surface area contributed by atoms with Gasteiger partial charge in [-0.15, -0.1) is 0 Å². The molecule has 1 rings (SSSR count). The van der Waals surface area contributed by atoms with Gasteiger partial charge in [0.1, 0.15) is 0 Å². The highest BCUT2D eigenvalue weighted by Crippen LogP contribution is 1.91. The maximum Gasteiger partial charge on any atom is 0.193 e. The van der Waals surface area contributed by atoms with Gasteiger partial charge in [0.15, 0.2) is 5.96 Å². The number of guanidine groups is 1. The first kappa shape index (κ1) is 8.33. The van der Waals surface area contributed by atoms with Gasteiger partial charge in [0, 0.05) is 40.3 Å². The normalized spacial score (nSPS) is 20.2. The van der Waals surface area contributed by atoms with Crippen molar-refractivity contribution in [2.75, 3.05) is 40.3 Å². The molecule has 0 amide bonds. The number of hydrogen-bond donors (Lipinski definition) is 2. The molecule has 0 saturated carbocycles. The van der Waals surface area contributed by atoms with E-state index < -0.39 is 0 Å². The van der Waals surface area contributed by atoms with E-state index in [0.717, 1.165) is 32.1 Å². The van der Waals surface area contributed by atoms with Crippen LogP contribution in [-0.4, -0.2) is 51.1 Å². The van der Waals surface area contributed by atoms with Gasteiger partial charge in [-0.25, -0.2) is 0 Å². The van der Waals surface area contributed by atoms with Crippen LogP contribution < -0.4 is 10.6 Å². The molecule has 1 saturated heterocycles. The quantitative estimate of drug-likeness (QED) is 0.352. The van der Waals surface area contributed by atoms with Crippen LogP contribution in [0, 0.1) is 0 Å². The Morgan fingerprint density at radius 2 is 2.09 bits per heavy atom. The summed E-state index contributed by atoms with van der Waals surface area (Å²) in [5, 5.41) is 6.36. The maximum atomic E-state index is 4.13. The molecule has 0 radical (unpaired) electrons. The summed E-state index contributed by atoms with van der Waals surface area (Å²) in [5.41, 5.74) is 0. The van der Waals surface area contributed by atoms with Crippen molar-refractivity contribution in [2.45, 2.75) is 0 Å². The molecule has 0 aromatic rings. The van der Waals surface area contributed by atoms with Gasteiger partial charge in [-0.3, -0.25) is 4.99 Å². The summed E-state index contributed by atoms with van der Waals surface area (Å²) in [5.74, 6) is 0.992. The number of rotatable bonds is 0. The second-order valence-electron chi connectivity index (χ2n) is 2.53. The molecule has 0 aromatic heterocycles. The number of hydrogen-bond acceptors (Lipinski definition) is 2. The lowest BCUT2D eigenvalue weighted by atomic mass is 10.4. The lowest BCUT2D eigenvalue weighted by Gasteiger charge is -2.29. The first-order valence-corrected chi connectivity index (χ1v) is 3.98. The van der Waals surface area contributed by atoms with Crippen LogP contribution in [0.5, 0.6) is 0 Å². The fourth-order valence-electron chi connectivity index (χ4n) is 1.29. The largest absolute Gasteiger partial charge is 0.359 e. The fraction of sp³-hybridized carbons (Fsp3) is 0.857. The molecule has 2 N–H and O–H groups in total. The van der Waals surface area contributed by atoms with Crippen molar-refractivity contribution in [1.29, 1.82) is 0 Å². The molecular weight excluding hydrogens is 140 g/mol. The van der Waals surface area contributed by atoms with Crippen LogP contribution >= 0.6 is 0 Å². The van der Waals surface area contributed by atoms with Gasteiger partial charge in [0.25, 0.3) is 0 Å². The minimum atomic E-state index is 0.992. The van der Waals surface area contributed by atoms with Crippen molar-refractivity contribution < 1.29 is 0 Å². The fourth-order valence-corrected chi connectivity index (χ4v) is 1.29. The summed E-state index contributed by atoms with van der Waals surface area (Å²) in [6.45, 7) is 4.21. The maximum absolute atomic E-state index is 4.13. The van der Waals surface area contributed by atoms with E-state index in [9.17, 15) is 0 Å². The number of piperazine rings is 1. The predicted octanol–water partition coefficient (Wildman–Crippen LogP) is -0.903. The minimum absolute atomic E-state index is 0.992. The molecule has 0 unspecified atom stereocenters. The van der Waals surface area contributed by atoms with E-state index in [1.54, 1.807) is 0 Å². The second-order valence-corrected chi connectivity index (χ2v) is 2.53. The Morgan fingerprint density at radius 1 is 1.45 bits per heavy atom. The minimum Gasteiger partial charge on any atom is -0.359 e. The van der Waals surface area contributed by atoms with E-state index in [-0.39, 0.29) is 0 Å². The van der Waals surface area contributed by atoms with E-state index in [2.05, 4.69) is 20.5 Å². The highest BCUT2D eigenvalue weighted by molar-refractivity contribution is 5.79. The Labute approximate surface area is 67.7 Å². The molecule has 4 heteroatoms. The smallest absolute Gasteiger partial charge is 0.193 e. The molecule has 1 aliphatic heterocycles. The van der Waals surface area contributed by atoms with Crippen molar-refractivity contribution in [3.8, 4) is 0 Å². The average Bonchev–Trinajstić information content (AvgIpc) is 2.09. The Hall–Kier alpha value is -0.770. The molecule has 0 aromatic carbocycles. The van der Waals surface area contributed by atoms with E-state index in [0.29, 0.717) is 0 Å². The molecule has 0 aliphatic carbocycles. The molecule has 0 bridgehead atoms. The molecule has 1 heterocycles. The van der Waals surface area contributed by atoms with E-state index in [1.165, 1.54) is 0 Å². The van der Waals surface area contributed by atoms with Crippen LogP contribution in [0.15, 0.2) is 4.99 Å².